The molecule has 2 atom stereocenters. The first-order chi connectivity index (χ1) is 9.56. The molecule has 1 N–H and O–H groups in total. The monoisotopic (exact) mass is 289 g/mol. The Kier molecular flexibility index (Phi) is 5.06. The molecule has 20 heavy (non-hydrogen) atoms. The molecule has 0 aromatic heterocycles. The van der Waals surface area contributed by atoms with Crippen molar-refractivity contribution >= 4 is 22.4 Å². The van der Waals surface area contributed by atoms with Crippen molar-refractivity contribution in [2.75, 3.05) is 6.54 Å². The van der Waals surface area contributed by atoms with E-state index < -0.39 is 0 Å². The summed E-state index contributed by atoms with van der Waals surface area (Å²) < 4.78 is 0. The number of benzene rings is 2. The molecule has 108 valence electrons. The molecule has 0 spiro atoms. The van der Waals surface area contributed by atoms with Crippen LogP contribution in [0.5, 0.6) is 0 Å². The Morgan fingerprint density at radius 1 is 1.00 bits per heavy atom. The largest absolute Gasteiger partial charge is 0.310 e. The lowest BCUT2D eigenvalue weighted by atomic mass is 9.84. The SMILES string of the molecule is CCNC(c1ccc(Cl)c2ccccc12)C(C)C(C)C. The molecule has 0 saturated carbocycles. The van der Waals surface area contributed by atoms with Crippen molar-refractivity contribution in [2.45, 2.75) is 33.7 Å². The quantitative estimate of drug-likeness (QED) is 0.773. The zero-order valence-corrected chi connectivity index (χ0v) is 13.5. The molecular weight excluding hydrogens is 266 g/mol. The third kappa shape index (κ3) is 2.99. The van der Waals surface area contributed by atoms with Gasteiger partial charge >= 0.3 is 0 Å². The lowest BCUT2D eigenvalue weighted by Gasteiger charge is -2.29. The third-order valence-electron chi connectivity index (χ3n) is 4.24. The van der Waals surface area contributed by atoms with Crippen LogP contribution in [0, 0.1) is 11.8 Å². The van der Waals surface area contributed by atoms with Crippen molar-refractivity contribution in [2.24, 2.45) is 11.8 Å². The molecule has 1 nitrogen and oxygen atoms in total. The van der Waals surface area contributed by atoms with Gasteiger partial charge in [0.25, 0.3) is 0 Å². The van der Waals surface area contributed by atoms with Crippen molar-refractivity contribution in [1.82, 2.24) is 5.32 Å². The molecule has 2 heteroatoms. The summed E-state index contributed by atoms with van der Waals surface area (Å²) in [6, 6.07) is 13.0. The average molecular weight is 290 g/mol. The average Bonchev–Trinajstić information content (AvgIpc) is 2.45. The highest BCUT2D eigenvalue weighted by molar-refractivity contribution is 6.35. The highest BCUT2D eigenvalue weighted by Crippen LogP contribution is 2.35. The molecule has 2 aromatic carbocycles. The van der Waals surface area contributed by atoms with Gasteiger partial charge in [0.1, 0.15) is 0 Å². The van der Waals surface area contributed by atoms with Crippen LogP contribution in [0.15, 0.2) is 36.4 Å². The fourth-order valence-corrected chi connectivity index (χ4v) is 2.97. The van der Waals surface area contributed by atoms with E-state index in [2.05, 4.69) is 57.3 Å². The maximum absolute atomic E-state index is 6.33. The first-order valence-electron chi connectivity index (χ1n) is 7.46. The third-order valence-corrected chi connectivity index (χ3v) is 4.57. The Morgan fingerprint density at radius 3 is 2.25 bits per heavy atom. The molecule has 0 aliphatic carbocycles. The summed E-state index contributed by atoms with van der Waals surface area (Å²) in [4.78, 5) is 0. The van der Waals surface area contributed by atoms with Crippen LogP contribution in [0.25, 0.3) is 10.8 Å². The van der Waals surface area contributed by atoms with E-state index in [4.69, 9.17) is 11.6 Å². The van der Waals surface area contributed by atoms with Gasteiger partial charge in [0.2, 0.25) is 0 Å². The molecule has 0 amide bonds. The smallest absolute Gasteiger partial charge is 0.0484 e. The zero-order chi connectivity index (χ0) is 14.7. The molecule has 2 unspecified atom stereocenters. The van der Waals surface area contributed by atoms with Gasteiger partial charge in [-0.05, 0) is 35.4 Å². The molecule has 2 rings (SSSR count). The van der Waals surface area contributed by atoms with Crippen molar-refractivity contribution in [3.05, 3.63) is 47.0 Å². The number of fused-ring (bicyclic) bond motifs is 1. The van der Waals surface area contributed by atoms with E-state index in [1.54, 1.807) is 0 Å². The van der Waals surface area contributed by atoms with Gasteiger partial charge in [-0.3, -0.25) is 0 Å². The van der Waals surface area contributed by atoms with Crippen molar-refractivity contribution in [1.29, 1.82) is 0 Å². The van der Waals surface area contributed by atoms with Gasteiger partial charge in [-0.2, -0.15) is 0 Å². The van der Waals surface area contributed by atoms with Crippen LogP contribution in [-0.2, 0) is 0 Å². The van der Waals surface area contributed by atoms with E-state index >= 15 is 0 Å². The number of hydrogen-bond donors (Lipinski definition) is 1. The first kappa shape index (κ1) is 15.3. The lowest BCUT2D eigenvalue weighted by Crippen LogP contribution is -2.29. The van der Waals surface area contributed by atoms with Crippen LogP contribution in [0.2, 0.25) is 5.02 Å². The maximum atomic E-state index is 6.33. The maximum Gasteiger partial charge on any atom is 0.0484 e. The summed E-state index contributed by atoms with van der Waals surface area (Å²) in [7, 11) is 0. The normalized spacial score (nSPS) is 14.7. The summed E-state index contributed by atoms with van der Waals surface area (Å²) in [5, 5.41) is 6.89. The molecule has 0 aliphatic rings. The second kappa shape index (κ2) is 6.60. The van der Waals surface area contributed by atoms with Crippen LogP contribution >= 0.6 is 11.6 Å². The minimum absolute atomic E-state index is 0.363. The summed E-state index contributed by atoms with van der Waals surface area (Å²) in [6.07, 6.45) is 0. The molecule has 0 bridgehead atoms. The van der Waals surface area contributed by atoms with Crippen molar-refractivity contribution in [3.8, 4) is 0 Å². The predicted molar refractivity (Wildman–Crippen MR) is 89.4 cm³/mol. The topological polar surface area (TPSA) is 12.0 Å². The molecule has 2 aromatic rings. The molecule has 0 saturated heterocycles. The van der Waals surface area contributed by atoms with Crippen LogP contribution in [-0.4, -0.2) is 6.54 Å². The van der Waals surface area contributed by atoms with Gasteiger partial charge in [0.05, 0.1) is 0 Å². The predicted octanol–water partition coefficient (Wildman–Crippen LogP) is 5.44. The van der Waals surface area contributed by atoms with Gasteiger partial charge < -0.3 is 5.32 Å². The molecule has 0 fully saturated rings. The standard InChI is InChI=1S/C18H24ClN/c1-5-20-18(13(4)12(2)3)16-10-11-17(19)15-9-7-6-8-14(15)16/h6-13,18,20H,5H2,1-4H3. The van der Waals surface area contributed by atoms with Crippen LogP contribution < -0.4 is 5.32 Å². The van der Waals surface area contributed by atoms with Gasteiger partial charge in [0, 0.05) is 16.5 Å². The Balaban J connectivity index is 2.56. The van der Waals surface area contributed by atoms with Crippen LogP contribution in [0.4, 0.5) is 0 Å². The lowest BCUT2D eigenvalue weighted by molar-refractivity contribution is 0.309. The van der Waals surface area contributed by atoms with Crippen LogP contribution in [0.1, 0.15) is 39.3 Å². The fourth-order valence-electron chi connectivity index (χ4n) is 2.74. The summed E-state index contributed by atoms with van der Waals surface area (Å²) >= 11 is 6.33. The fraction of sp³-hybridized carbons (Fsp3) is 0.444. The number of nitrogens with one attached hydrogen (secondary N) is 1. The minimum Gasteiger partial charge on any atom is -0.310 e. The van der Waals surface area contributed by atoms with E-state index in [1.807, 2.05) is 12.1 Å². The Hall–Kier alpha value is -1.05. The highest BCUT2D eigenvalue weighted by atomic mass is 35.5. The van der Waals surface area contributed by atoms with Gasteiger partial charge in [0.15, 0.2) is 0 Å². The van der Waals surface area contributed by atoms with Gasteiger partial charge in [-0.1, -0.05) is 69.6 Å². The minimum atomic E-state index is 0.363. The van der Waals surface area contributed by atoms with Crippen LogP contribution in [0.3, 0.4) is 0 Å². The second-order valence-electron chi connectivity index (χ2n) is 5.82. The summed E-state index contributed by atoms with van der Waals surface area (Å²) in [5.74, 6) is 1.20. The van der Waals surface area contributed by atoms with Crippen molar-refractivity contribution in [3.63, 3.8) is 0 Å². The van der Waals surface area contributed by atoms with Crippen molar-refractivity contribution < 1.29 is 0 Å². The Labute approximate surface area is 127 Å². The van der Waals surface area contributed by atoms with Gasteiger partial charge in [-0.25, -0.2) is 0 Å². The second-order valence-corrected chi connectivity index (χ2v) is 6.23. The first-order valence-corrected chi connectivity index (χ1v) is 7.84. The summed E-state index contributed by atoms with van der Waals surface area (Å²) in [6.45, 7) is 10.0. The zero-order valence-electron chi connectivity index (χ0n) is 12.8. The number of halogens is 1. The molecule has 0 aliphatic heterocycles. The highest BCUT2D eigenvalue weighted by Gasteiger charge is 2.23. The number of rotatable bonds is 5. The van der Waals surface area contributed by atoms with E-state index in [0.29, 0.717) is 17.9 Å². The van der Waals surface area contributed by atoms with E-state index in [1.165, 1.54) is 10.9 Å². The van der Waals surface area contributed by atoms with E-state index in [-0.39, 0.29) is 0 Å². The van der Waals surface area contributed by atoms with E-state index in [9.17, 15) is 0 Å². The van der Waals surface area contributed by atoms with Gasteiger partial charge in [-0.15, -0.1) is 0 Å². The summed E-state index contributed by atoms with van der Waals surface area (Å²) in [5.41, 5.74) is 1.35. The molecular formula is C18H24ClN. The Morgan fingerprint density at radius 2 is 1.65 bits per heavy atom. The van der Waals surface area contributed by atoms with E-state index in [0.717, 1.165) is 17.0 Å². The number of hydrogen-bond acceptors (Lipinski definition) is 1. The molecule has 0 radical (unpaired) electrons. The Bertz CT molecular complexity index is 577. The molecule has 0 heterocycles.